The van der Waals surface area contributed by atoms with E-state index >= 15 is 0 Å². The van der Waals surface area contributed by atoms with Gasteiger partial charge in [-0.2, -0.15) is 0 Å². The summed E-state index contributed by atoms with van der Waals surface area (Å²) in [4.78, 5) is 0. The Morgan fingerprint density at radius 1 is 0.895 bits per heavy atom. The van der Waals surface area contributed by atoms with E-state index in [4.69, 9.17) is 28.9 Å². The SMILES string of the molecule is Cc1cc(C)c(C(N)c2c(Cl)cccc2Cl)c(C)c1. The first-order valence-electron chi connectivity index (χ1n) is 6.19. The highest BCUT2D eigenvalue weighted by atomic mass is 35.5. The Morgan fingerprint density at radius 2 is 1.37 bits per heavy atom. The maximum atomic E-state index is 6.40. The van der Waals surface area contributed by atoms with Crippen molar-refractivity contribution in [1.29, 1.82) is 0 Å². The van der Waals surface area contributed by atoms with Crippen molar-refractivity contribution >= 4 is 23.2 Å². The number of hydrogen-bond acceptors (Lipinski definition) is 1. The number of aryl methyl sites for hydroxylation is 3. The summed E-state index contributed by atoms with van der Waals surface area (Å²) in [5.41, 5.74) is 11.9. The normalized spacial score (nSPS) is 12.5. The van der Waals surface area contributed by atoms with Gasteiger partial charge in [0.1, 0.15) is 0 Å². The molecule has 0 aliphatic carbocycles. The summed E-state index contributed by atoms with van der Waals surface area (Å²) in [6.45, 7) is 6.22. The van der Waals surface area contributed by atoms with Crippen LogP contribution in [0.5, 0.6) is 0 Å². The van der Waals surface area contributed by atoms with Crippen LogP contribution in [0.4, 0.5) is 0 Å². The zero-order valence-electron chi connectivity index (χ0n) is 11.3. The maximum Gasteiger partial charge on any atom is 0.0586 e. The molecule has 19 heavy (non-hydrogen) atoms. The third-order valence-corrected chi connectivity index (χ3v) is 4.02. The molecule has 2 rings (SSSR count). The molecule has 3 heteroatoms. The Morgan fingerprint density at radius 3 is 1.84 bits per heavy atom. The first kappa shape index (κ1) is 14.4. The van der Waals surface area contributed by atoms with Crippen molar-refractivity contribution in [3.8, 4) is 0 Å². The molecule has 0 heterocycles. The second-order valence-electron chi connectivity index (χ2n) is 4.93. The van der Waals surface area contributed by atoms with Crippen LogP contribution in [-0.4, -0.2) is 0 Å². The van der Waals surface area contributed by atoms with Crippen LogP contribution in [0.25, 0.3) is 0 Å². The van der Waals surface area contributed by atoms with Gasteiger partial charge in [-0.05, 0) is 49.6 Å². The molecule has 0 aliphatic rings. The summed E-state index contributed by atoms with van der Waals surface area (Å²) < 4.78 is 0. The fourth-order valence-electron chi connectivity index (χ4n) is 2.63. The predicted octanol–water partition coefficient (Wildman–Crippen LogP) is 4.97. The highest BCUT2D eigenvalue weighted by Crippen LogP contribution is 2.35. The van der Waals surface area contributed by atoms with Gasteiger partial charge in [0, 0.05) is 15.6 Å². The maximum absolute atomic E-state index is 6.40. The molecule has 100 valence electrons. The van der Waals surface area contributed by atoms with E-state index in [1.54, 1.807) is 0 Å². The second-order valence-corrected chi connectivity index (χ2v) is 5.74. The van der Waals surface area contributed by atoms with Gasteiger partial charge < -0.3 is 5.73 Å². The summed E-state index contributed by atoms with van der Waals surface area (Å²) in [6, 6.07) is 9.43. The average Bonchev–Trinajstić information content (AvgIpc) is 2.26. The van der Waals surface area contributed by atoms with Crippen LogP contribution in [0.3, 0.4) is 0 Å². The van der Waals surface area contributed by atoms with Crippen LogP contribution < -0.4 is 5.73 Å². The first-order chi connectivity index (χ1) is 8.91. The Hall–Kier alpha value is -1.02. The monoisotopic (exact) mass is 293 g/mol. The summed E-state index contributed by atoms with van der Waals surface area (Å²) in [6.07, 6.45) is 0. The summed E-state index contributed by atoms with van der Waals surface area (Å²) in [7, 11) is 0. The van der Waals surface area contributed by atoms with Gasteiger partial charge in [-0.1, -0.05) is 47.0 Å². The lowest BCUT2D eigenvalue weighted by Gasteiger charge is -2.20. The topological polar surface area (TPSA) is 26.0 Å². The molecule has 2 aromatic rings. The van der Waals surface area contributed by atoms with Crippen LogP contribution in [0.15, 0.2) is 30.3 Å². The van der Waals surface area contributed by atoms with Gasteiger partial charge in [0.05, 0.1) is 6.04 Å². The second kappa shape index (κ2) is 5.54. The van der Waals surface area contributed by atoms with E-state index in [9.17, 15) is 0 Å². The quantitative estimate of drug-likeness (QED) is 0.831. The predicted molar refractivity (Wildman–Crippen MR) is 83.1 cm³/mol. The minimum atomic E-state index is -0.304. The van der Waals surface area contributed by atoms with Gasteiger partial charge in [-0.25, -0.2) is 0 Å². The fraction of sp³-hybridized carbons (Fsp3) is 0.250. The molecule has 1 atom stereocenters. The summed E-state index contributed by atoms with van der Waals surface area (Å²) >= 11 is 12.5. The molecule has 1 nitrogen and oxygen atoms in total. The minimum Gasteiger partial charge on any atom is -0.320 e. The molecule has 0 saturated heterocycles. The molecule has 0 aliphatic heterocycles. The standard InChI is InChI=1S/C16H17Cl2N/c1-9-7-10(2)14(11(3)8-9)16(19)15-12(17)5-4-6-13(15)18/h4-8,16H,19H2,1-3H3. The van der Waals surface area contributed by atoms with E-state index in [0.29, 0.717) is 10.0 Å². The minimum absolute atomic E-state index is 0.304. The van der Waals surface area contributed by atoms with Crippen molar-refractivity contribution in [3.05, 3.63) is 68.2 Å². The zero-order chi connectivity index (χ0) is 14.2. The van der Waals surface area contributed by atoms with Gasteiger partial charge in [0.15, 0.2) is 0 Å². The fourth-order valence-corrected chi connectivity index (χ4v) is 3.27. The molecule has 2 N–H and O–H groups in total. The highest BCUT2D eigenvalue weighted by Gasteiger charge is 2.19. The van der Waals surface area contributed by atoms with Crippen LogP contribution in [0.2, 0.25) is 10.0 Å². The Kier molecular flexibility index (Phi) is 4.19. The Labute approximate surface area is 124 Å². The highest BCUT2D eigenvalue weighted by molar-refractivity contribution is 6.36. The average molecular weight is 294 g/mol. The number of benzene rings is 2. The largest absolute Gasteiger partial charge is 0.320 e. The van der Waals surface area contributed by atoms with Gasteiger partial charge in [0.2, 0.25) is 0 Å². The third kappa shape index (κ3) is 2.79. The molecular formula is C16H17Cl2N. The first-order valence-corrected chi connectivity index (χ1v) is 6.94. The summed E-state index contributed by atoms with van der Waals surface area (Å²) in [5, 5.41) is 1.22. The Bertz CT molecular complexity index is 577. The summed E-state index contributed by atoms with van der Waals surface area (Å²) in [5.74, 6) is 0. The van der Waals surface area contributed by atoms with Crippen LogP contribution in [-0.2, 0) is 0 Å². The van der Waals surface area contributed by atoms with Crippen molar-refractivity contribution in [1.82, 2.24) is 0 Å². The van der Waals surface area contributed by atoms with Gasteiger partial charge >= 0.3 is 0 Å². The molecule has 0 aromatic heterocycles. The molecule has 0 spiro atoms. The van der Waals surface area contributed by atoms with Crippen molar-refractivity contribution in [2.75, 3.05) is 0 Å². The number of halogens is 2. The zero-order valence-corrected chi connectivity index (χ0v) is 12.8. The molecule has 0 saturated carbocycles. The molecular weight excluding hydrogens is 277 g/mol. The van der Waals surface area contributed by atoms with E-state index in [0.717, 1.165) is 11.1 Å². The van der Waals surface area contributed by atoms with E-state index in [1.807, 2.05) is 18.2 Å². The van der Waals surface area contributed by atoms with E-state index in [1.165, 1.54) is 16.7 Å². The molecule has 1 unspecified atom stereocenters. The van der Waals surface area contributed by atoms with E-state index in [-0.39, 0.29) is 6.04 Å². The molecule has 0 amide bonds. The van der Waals surface area contributed by atoms with Crippen molar-refractivity contribution in [2.45, 2.75) is 26.8 Å². The molecule has 0 bridgehead atoms. The van der Waals surface area contributed by atoms with E-state index < -0.39 is 0 Å². The number of hydrogen-bond donors (Lipinski definition) is 1. The van der Waals surface area contributed by atoms with Crippen LogP contribution in [0.1, 0.15) is 33.9 Å². The van der Waals surface area contributed by atoms with E-state index in [2.05, 4.69) is 32.9 Å². The lowest BCUT2D eigenvalue weighted by Crippen LogP contribution is -2.16. The van der Waals surface area contributed by atoms with Crippen molar-refractivity contribution in [2.24, 2.45) is 5.73 Å². The lowest BCUT2D eigenvalue weighted by atomic mass is 9.90. The number of rotatable bonds is 2. The Balaban J connectivity index is 2.60. The molecule has 2 aromatic carbocycles. The lowest BCUT2D eigenvalue weighted by molar-refractivity contribution is 0.851. The molecule has 0 radical (unpaired) electrons. The van der Waals surface area contributed by atoms with Crippen molar-refractivity contribution < 1.29 is 0 Å². The van der Waals surface area contributed by atoms with Crippen LogP contribution >= 0.6 is 23.2 Å². The van der Waals surface area contributed by atoms with Gasteiger partial charge in [-0.3, -0.25) is 0 Å². The van der Waals surface area contributed by atoms with Gasteiger partial charge in [-0.15, -0.1) is 0 Å². The van der Waals surface area contributed by atoms with Crippen LogP contribution in [0, 0.1) is 20.8 Å². The van der Waals surface area contributed by atoms with Gasteiger partial charge in [0.25, 0.3) is 0 Å². The number of nitrogens with two attached hydrogens (primary N) is 1. The van der Waals surface area contributed by atoms with Crippen molar-refractivity contribution in [3.63, 3.8) is 0 Å². The third-order valence-electron chi connectivity index (χ3n) is 3.36. The molecule has 0 fully saturated rings. The smallest absolute Gasteiger partial charge is 0.0586 e.